The largest absolute Gasteiger partial charge is 0.306 e. The first kappa shape index (κ1) is 16.3. The summed E-state index contributed by atoms with van der Waals surface area (Å²) in [5.74, 6) is 0.515. The maximum atomic E-state index is 2.38. The zero-order chi connectivity index (χ0) is 16.6. The number of benzene rings is 2. The van der Waals surface area contributed by atoms with Gasteiger partial charge >= 0.3 is 0 Å². The number of nitrogens with zero attached hydrogens (tertiary/aromatic N) is 1. The molecule has 0 spiro atoms. The molecule has 1 heteroatoms. The lowest BCUT2D eigenvalue weighted by Gasteiger charge is -2.35. The van der Waals surface area contributed by atoms with E-state index in [0.717, 1.165) is 0 Å². The smallest absolute Gasteiger partial charge is 0.0139 e. The Hall–Kier alpha value is -1.60. The van der Waals surface area contributed by atoms with Crippen molar-refractivity contribution in [3.8, 4) is 0 Å². The SMILES string of the molecule is CN(C)C1Cc2ccccc2C(c2ccc(C(C)(C)C)cc2)C1. The Balaban J connectivity index is 1.97. The van der Waals surface area contributed by atoms with Crippen LogP contribution in [0.15, 0.2) is 48.5 Å². The molecule has 0 fully saturated rings. The summed E-state index contributed by atoms with van der Waals surface area (Å²) in [7, 11) is 4.41. The van der Waals surface area contributed by atoms with Crippen LogP contribution < -0.4 is 0 Å². The average Bonchev–Trinajstić information content (AvgIpc) is 2.53. The van der Waals surface area contributed by atoms with Crippen molar-refractivity contribution < 1.29 is 0 Å². The highest BCUT2D eigenvalue weighted by molar-refractivity contribution is 5.42. The van der Waals surface area contributed by atoms with Crippen LogP contribution in [0.4, 0.5) is 0 Å². The molecular formula is C22H29N. The van der Waals surface area contributed by atoms with Gasteiger partial charge in [0.25, 0.3) is 0 Å². The molecule has 0 saturated heterocycles. The minimum atomic E-state index is 0.217. The number of likely N-dealkylation sites (N-methyl/N-ethyl adjacent to an activating group) is 1. The first-order valence-electron chi connectivity index (χ1n) is 8.71. The fourth-order valence-electron chi connectivity index (χ4n) is 3.72. The van der Waals surface area contributed by atoms with E-state index in [-0.39, 0.29) is 5.41 Å². The normalized spacial score (nSPS) is 21.3. The van der Waals surface area contributed by atoms with E-state index in [1.807, 2.05) is 0 Å². The molecule has 0 radical (unpaired) electrons. The Kier molecular flexibility index (Phi) is 4.33. The van der Waals surface area contributed by atoms with Gasteiger partial charge in [0.2, 0.25) is 0 Å². The number of hydrogen-bond acceptors (Lipinski definition) is 1. The third-order valence-electron chi connectivity index (χ3n) is 5.30. The van der Waals surface area contributed by atoms with Crippen molar-refractivity contribution in [2.24, 2.45) is 0 Å². The molecule has 0 heterocycles. The highest BCUT2D eigenvalue weighted by Gasteiger charge is 2.29. The molecule has 2 atom stereocenters. The van der Waals surface area contributed by atoms with Crippen molar-refractivity contribution in [3.05, 3.63) is 70.8 Å². The van der Waals surface area contributed by atoms with Gasteiger partial charge in [0.1, 0.15) is 0 Å². The van der Waals surface area contributed by atoms with Crippen molar-refractivity contribution in [2.75, 3.05) is 14.1 Å². The van der Waals surface area contributed by atoms with Gasteiger partial charge in [-0.05, 0) is 54.6 Å². The molecule has 3 rings (SSSR count). The van der Waals surface area contributed by atoms with E-state index in [1.165, 1.54) is 35.1 Å². The van der Waals surface area contributed by atoms with E-state index < -0.39 is 0 Å². The van der Waals surface area contributed by atoms with Crippen LogP contribution in [0.2, 0.25) is 0 Å². The predicted octanol–water partition coefficient (Wildman–Crippen LogP) is 4.99. The summed E-state index contributed by atoms with van der Waals surface area (Å²) in [5, 5.41) is 0. The van der Waals surface area contributed by atoms with Crippen molar-refractivity contribution in [1.82, 2.24) is 4.90 Å². The number of rotatable bonds is 2. The van der Waals surface area contributed by atoms with Crippen molar-refractivity contribution in [1.29, 1.82) is 0 Å². The molecule has 122 valence electrons. The van der Waals surface area contributed by atoms with Gasteiger partial charge in [0.15, 0.2) is 0 Å². The molecule has 0 saturated carbocycles. The van der Waals surface area contributed by atoms with Crippen LogP contribution in [-0.2, 0) is 11.8 Å². The maximum Gasteiger partial charge on any atom is 0.0139 e. The summed E-state index contributed by atoms with van der Waals surface area (Å²) < 4.78 is 0. The zero-order valence-electron chi connectivity index (χ0n) is 15.1. The van der Waals surface area contributed by atoms with Gasteiger partial charge in [-0.3, -0.25) is 0 Å². The van der Waals surface area contributed by atoms with Gasteiger partial charge in [0, 0.05) is 12.0 Å². The molecule has 0 aliphatic heterocycles. The van der Waals surface area contributed by atoms with E-state index in [1.54, 1.807) is 0 Å². The second-order valence-electron chi connectivity index (χ2n) is 8.18. The molecule has 0 amide bonds. The topological polar surface area (TPSA) is 3.24 Å². The molecule has 2 unspecified atom stereocenters. The summed E-state index contributed by atoms with van der Waals surface area (Å²) in [6.07, 6.45) is 2.37. The van der Waals surface area contributed by atoms with E-state index in [9.17, 15) is 0 Å². The Bertz CT molecular complexity index is 661. The van der Waals surface area contributed by atoms with E-state index in [2.05, 4.69) is 88.3 Å². The Morgan fingerprint density at radius 1 is 0.913 bits per heavy atom. The van der Waals surface area contributed by atoms with E-state index in [0.29, 0.717) is 12.0 Å². The Morgan fingerprint density at radius 2 is 1.57 bits per heavy atom. The quantitative estimate of drug-likeness (QED) is 0.755. The number of hydrogen-bond donors (Lipinski definition) is 0. The van der Waals surface area contributed by atoms with Crippen molar-refractivity contribution in [3.63, 3.8) is 0 Å². The molecule has 1 aliphatic rings. The van der Waals surface area contributed by atoms with E-state index >= 15 is 0 Å². The van der Waals surface area contributed by atoms with Crippen LogP contribution in [0.5, 0.6) is 0 Å². The highest BCUT2D eigenvalue weighted by Crippen LogP contribution is 2.38. The molecule has 1 nitrogen and oxygen atoms in total. The molecule has 0 aromatic heterocycles. The summed E-state index contributed by atoms with van der Waals surface area (Å²) >= 11 is 0. The first-order chi connectivity index (χ1) is 10.9. The van der Waals surface area contributed by atoms with Gasteiger partial charge in [-0.2, -0.15) is 0 Å². The second kappa shape index (κ2) is 6.13. The van der Waals surface area contributed by atoms with Crippen molar-refractivity contribution in [2.45, 2.75) is 51.0 Å². The van der Waals surface area contributed by atoms with Crippen LogP contribution in [-0.4, -0.2) is 25.0 Å². The summed E-state index contributed by atoms with van der Waals surface area (Å²) in [6, 6.07) is 18.9. The van der Waals surface area contributed by atoms with Gasteiger partial charge in [0.05, 0.1) is 0 Å². The molecular weight excluding hydrogens is 278 g/mol. The Morgan fingerprint density at radius 3 is 2.17 bits per heavy atom. The van der Waals surface area contributed by atoms with Crippen LogP contribution >= 0.6 is 0 Å². The average molecular weight is 307 g/mol. The lowest BCUT2D eigenvalue weighted by molar-refractivity contribution is 0.258. The van der Waals surface area contributed by atoms with Gasteiger partial charge < -0.3 is 4.90 Å². The van der Waals surface area contributed by atoms with Crippen molar-refractivity contribution >= 4 is 0 Å². The summed E-state index contributed by atoms with van der Waals surface area (Å²) in [4.78, 5) is 2.38. The maximum absolute atomic E-state index is 2.38. The fourth-order valence-corrected chi connectivity index (χ4v) is 3.72. The Labute approximate surface area is 141 Å². The summed E-state index contributed by atoms with van der Waals surface area (Å²) in [5.41, 5.74) is 6.12. The minimum Gasteiger partial charge on any atom is -0.306 e. The van der Waals surface area contributed by atoms with Crippen LogP contribution in [0, 0.1) is 0 Å². The zero-order valence-corrected chi connectivity index (χ0v) is 15.1. The van der Waals surface area contributed by atoms with Crippen LogP contribution in [0.3, 0.4) is 0 Å². The highest BCUT2D eigenvalue weighted by atomic mass is 15.1. The first-order valence-corrected chi connectivity index (χ1v) is 8.71. The molecule has 0 N–H and O–H groups in total. The molecule has 23 heavy (non-hydrogen) atoms. The number of fused-ring (bicyclic) bond motifs is 1. The summed E-state index contributed by atoms with van der Waals surface area (Å²) in [6.45, 7) is 6.83. The van der Waals surface area contributed by atoms with Gasteiger partial charge in [-0.1, -0.05) is 69.3 Å². The third-order valence-corrected chi connectivity index (χ3v) is 5.30. The molecule has 1 aliphatic carbocycles. The van der Waals surface area contributed by atoms with Gasteiger partial charge in [-0.15, -0.1) is 0 Å². The predicted molar refractivity (Wildman–Crippen MR) is 99.2 cm³/mol. The third kappa shape index (κ3) is 3.35. The monoisotopic (exact) mass is 307 g/mol. The van der Waals surface area contributed by atoms with Gasteiger partial charge in [-0.25, -0.2) is 0 Å². The van der Waals surface area contributed by atoms with E-state index in [4.69, 9.17) is 0 Å². The fraction of sp³-hybridized carbons (Fsp3) is 0.455. The van der Waals surface area contributed by atoms with Crippen LogP contribution in [0.25, 0.3) is 0 Å². The lowest BCUT2D eigenvalue weighted by atomic mass is 9.75. The molecule has 2 aromatic carbocycles. The minimum absolute atomic E-state index is 0.217. The molecule has 0 bridgehead atoms. The lowest BCUT2D eigenvalue weighted by Crippen LogP contribution is -2.35. The standard InChI is InChI=1S/C22H29N/c1-22(2,3)18-12-10-16(11-13-18)21-15-19(23(4)5)14-17-8-6-7-9-20(17)21/h6-13,19,21H,14-15H2,1-5H3. The van der Waals surface area contributed by atoms with Crippen LogP contribution in [0.1, 0.15) is 55.4 Å². The second-order valence-corrected chi connectivity index (χ2v) is 8.18. The molecule has 2 aromatic rings.